The third-order valence-corrected chi connectivity index (χ3v) is 1.52. The van der Waals surface area contributed by atoms with E-state index in [0.717, 1.165) is 0 Å². The number of halogens is 1. The molecule has 0 aromatic rings. The summed E-state index contributed by atoms with van der Waals surface area (Å²) >= 11 is 0. The van der Waals surface area contributed by atoms with Crippen LogP contribution in [0.1, 0.15) is 20.3 Å². The Morgan fingerprint density at radius 1 is 1.58 bits per heavy atom. The molecule has 0 aromatic carbocycles. The van der Waals surface area contributed by atoms with Gasteiger partial charge in [0.05, 0.1) is 6.04 Å². The Kier molecular flexibility index (Phi) is 8.69. The van der Waals surface area contributed by atoms with Crippen LogP contribution in [-0.4, -0.2) is 24.5 Å². The van der Waals surface area contributed by atoms with Crippen LogP contribution in [0.15, 0.2) is 0 Å². The van der Waals surface area contributed by atoms with Gasteiger partial charge < -0.3 is 16.8 Å². The molecular formula is C7H18ClN3O. The number of carbonyl (C=O) groups is 1. The molecule has 0 aliphatic rings. The summed E-state index contributed by atoms with van der Waals surface area (Å²) in [5.41, 5.74) is 10.8. The van der Waals surface area contributed by atoms with E-state index in [1.54, 1.807) is 0 Å². The number of rotatable bonds is 4. The van der Waals surface area contributed by atoms with Gasteiger partial charge in [-0.2, -0.15) is 0 Å². The fourth-order valence-corrected chi connectivity index (χ4v) is 0.594. The van der Waals surface area contributed by atoms with Crippen LogP contribution < -0.4 is 16.8 Å². The van der Waals surface area contributed by atoms with Crippen molar-refractivity contribution in [1.82, 2.24) is 5.32 Å². The Morgan fingerprint density at radius 3 is 2.42 bits per heavy atom. The zero-order valence-electron chi connectivity index (χ0n) is 7.54. The molecule has 0 unspecified atom stereocenters. The van der Waals surface area contributed by atoms with Gasteiger partial charge in [0.25, 0.3) is 0 Å². The van der Waals surface area contributed by atoms with Crippen LogP contribution >= 0.6 is 12.4 Å². The first kappa shape index (κ1) is 14.2. The van der Waals surface area contributed by atoms with Gasteiger partial charge in [-0.15, -0.1) is 12.4 Å². The minimum atomic E-state index is -0.399. The van der Waals surface area contributed by atoms with Gasteiger partial charge in [-0.05, 0) is 13.3 Å². The number of nitrogens with two attached hydrogens (primary N) is 2. The lowest BCUT2D eigenvalue weighted by atomic mass is 10.2. The minimum Gasteiger partial charge on any atom is -0.351 e. The highest BCUT2D eigenvalue weighted by Gasteiger charge is 2.11. The molecule has 0 aliphatic carbocycles. The zero-order valence-corrected chi connectivity index (χ0v) is 8.36. The van der Waals surface area contributed by atoms with Crippen molar-refractivity contribution in [2.75, 3.05) is 6.54 Å². The summed E-state index contributed by atoms with van der Waals surface area (Å²) in [5.74, 6) is -0.120. The molecule has 0 fully saturated rings. The fraction of sp³-hybridized carbons (Fsp3) is 0.857. The van der Waals surface area contributed by atoms with Crippen molar-refractivity contribution in [3.05, 3.63) is 0 Å². The molecule has 0 spiro atoms. The first-order valence-corrected chi connectivity index (χ1v) is 3.87. The van der Waals surface area contributed by atoms with Gasteiger partial charge in [0.2, 0.25) is 5.91 Å². The molecule has 4 nitrogen and oxygen atoms in total. The predicted octanol–water partition coefficient (Wildman–Crippen LogP) is -0.391. The molecule has 0 saturated carbocycles. The van der Waals surface area contributed by atoms with E-state index in [9.17, 15) is 4.79 Å². The smallest absolute Gasteiger partial charge is 0.237 e. The molecule has 0 saturated heterocycles. The van der Waals surface area contributed by atoms with Crippen molar-refractivity contribution < 1.29 is 4.79 Å². The Labute approximate surface area is 79.5 Å². The summed E-state index contributed by atoms with van der Waals surface area (Å²) in [6.45, 7) is 4.17. The average Bonchev–Trinajstić information content (AvgIpc) is 2.02. The average molecular weight is 196 g/mol. The maximum absolute atomic E-state index is 11.1. The molecule has 0 rings (SSSR count). The molecule has 74 valence electrons. The number of nitrogens with one attached hydrogen (secondary N) is 1. The molecular weight excluding hydrogens is 178 g/mol. The standard InChI is InChI=1S/C7H17N3O.ClH/c1-3-6(9)7(11)10-5(2)4-8;/h5-6H,3-4,8-9H2,1-2H3,(H,10,11);1H/t5-,6+;/m1./s1. The van der Waals surface area contributed by atoms with Gasteiger partial charge in [0.1, 0.15) is 0 Å². The van der Waals surface area contributed by atoms with Crippen molar-refractivity contribution in [3.8, 4) is 0 Å². The van der Waals surface area contributed by atoms with Crippen LogP contribution in [0.25, 0.3) is 0 Å². The molecule has 0 radical (unpaired) electrons. The quantitative estimate of drug-likeness (QED) is 0.572. The number of carbonyl (C=O) groups excluding carboxylic acids is 1. The first-order chi connectivity index (χ1) is 5.11. The molecule has 12 heavy (non-hydrogen) atoms. The third kappa shape index (κ3) is 5.35. The van der Waals surface area contributed by atoms with E-state index in [2.05, 4.69) is 5.32 Å². The highest BCUT2D eigenvalue weighted by Crippen LogP contribution is 1.86. The molecule has 0 bridgehead atoms. The highest BCUT2D eigenvalue weighted by molar-refractivity contribution is 5.85. The summed E-state index contributed by atoms with van der Waals surface area (Å²) < 4.78 is 0. The second kappa shape index (κ2) is 7.34. The van der Waals surface area contributed by atoms with Gasteiger partial charge in [-0.3, -0.25) is 4.79 Å². The summed E-state index contributed by atoms with van der Waals surface area (Å²) in [4.78, 5) is 11.1. The zero-order chi connectivity index (χ0) is 8.85. The lowest BCUT2D eigenvalue weighted by molar-refractivity contribution is -0.122. The molecule has 5 N–H and O–H groups in total. The lowest BCUT2D eigenvalue weighted by Crippen LogP contribution is -2.46. The summed E-state index contributed by atoms with van der Waals surface area (Å²) in [7, 11) is 0. The van der Waals surface area contributed by atoms with Crippen LogP contribution in [0.2, 0.25) is 0 Å². The normalized spacial score (nSPS) is 14.3. The first-order valence-electron chi connectivity index (χ1n) is 3.87. The topological polar surface area (TPSA) is 81.1 Å². The van der Waals surface area contributed by atoms with E-state index in [1.807, 2.05) is 13.8 Å². The van der Waals surface area contributed by atoms with Crippen molar-refractivity contribution in [3.63, 3.8) is 0 Å². The van der Waals surface area contributed by atoms with E-state index in [-0.39, 0.29) is 24.4 Å². The third-order valence-electron chi connectivity index (χ3n) is 1.52. The van der Waals surface area contributed by atoms with E-state index in [1.165, 1.54) is 0 Å². The molecule has 0 aromatic heterocycles. The predicted molar refractivity (Wildman–Crippen MR) is 52.2 cm³/mol. The van der Waals surface area contributed by atoms with Gasteiger partial charge in [-0.1, -0.05) is 6.92 Å². The van der Waals surface area contributed by atoms with Crippen molar-refractivity contribution >= 4 is 18.3 Å². The van der Waals surface area contributed by atoms with Crippen LogP contribution in [0.5, 0.6) is 0 Å². The SMILES string of the molecule is CC[C@H](N)C(=O)N[C@H](C)CN.Cl. The number of amides is 1. The Morgan fingerprint density at radius 2 is 2.08 bits per heavy atom. The Bertz CT molecular complexity index is 132. The van der Waals surface area contributed by atoms with Gasteiger partial charge in [0, 0.05) is 12.6 Å². The summed E-state index contributed by atoms with van der Waals surface area (Å²) in [6, 6.07) is -0.385. The molecule has 0 heterocycles. The van der Waals surface area contributed by atoms with Crippen molar-refractivity contribution in [2.24, 2.45) is 11.5 Å². The van der Waals surface area contributed by atoms with Crippen LogP contribution in [0, 0.1) is 0 Å². The minimum absolute atomic E-state index is 0. The van der Waals surface area contributed by atoms with Crippen molar-refractivity contribution in [2.45, 2.75) is 32.4 Å². The monoisotopic (exact) mass is 195 g/mol. The van der Waals surface area contributed by atoms with Crippen LogP contribution in [0.3, 0.4) is 0 Å². The maximum atomic E-state index is 11.1. The molecule has 5 heteroatoms. The largest absolute Gasteiger partial charge is 0.351 e. The number of hydrogen-bond donors (Lipinski definition) is 3. The Hall–Kier alpha value is -0.320. The van der Waals surface area contributed by atoms with Crippen LogP contribution in [0.4, 0.5) is 0 Å². The molecule has 0 aliphatic heterocycles. The van der Waals surface area contributed by atoms with Gasteiger partial charge >= 0.3 is 0 Å². The number of hydrogen-bond acceptors (Lipinski definition) is 3. The maximum Gasteiger partial charge on any atom is 0.237 e. The van der Waals surface area contributed by atoms with Crippen molar-refractivity contribution in [1.29, 1.82) is 0 Å². The second-order valence-corrected chi connectivity index (χ2v) is 2.66. The second-order valence-electron chi connectivity index (χ2n) is 2.66. The molecule has 2 atom stereocenters. The van der Waals surface area contributed by atoms with E-state index in [0.29, 0.717) is 13.0 Å². The Balaban J connectivity index is 0. The lowest BCUT2D eigenvalue weighted by Gasteiger charge is -2.14. The van der Waals surface area contributed by atoms with E-state index < -0.39 is 6.04 Å². The summed E-state index contributed by atoms with van der Waals surface area (Å²) in [5, 5.41) is 2.69. The molecule has 1 amide bonds. The van der Waals surface area contributed by atoms with E-state index >= 15 is 0 Å². The van der Waals surface area contributed by atoms with Gasteiger partial charge in [0.15, 0.2) is 0 Å². The van der Waals surface area contributed by atoms with Gasteiger partial charge in [-0.25, -0.2) is 0 Å². The fourth-order valence-electron chi connectivity index (χ4n) is 0.594. The van der Waals surface area contributed by atoms with Crippen LogP contribution in [-0.2, 0) is 4.79 Å². The summed E-state index contributed by atoms with van der Waals surface area (Å²) in [6.07, 6.45) is 0.656. The highest BCUT2D eigenvalue weighted by atomic mass is 35.5. The van der Waals surface area contributed by atoms with E-state index in [4.69, 9.17) is 11.5 Å².